The highest BCUT2D eigenvalue weighted by molar-refractivity contribution is 7.88. The summed E-state index contributed by atoms with van der Waals surface area (Å²) in [6.07, 6.45) is 1.09. The molecule has 0 radical (unpaired) electrons. The topological polar surface area (TPSA) is 83.9 Å². The van der Waals surface area contributed by atoms with Crippen LogP contribution in [0.25, 0.3) is 11.1 Å². The number of sulfonamides is 1. The number of nitrogens with one attached hydrogen (secondary N) is 1. The van der Waals surface area contributed by atoms with Crippen molar-refractivity contribution < 1.29 is 30.8 Å². The average molecular weight is 501 g/mol. The van der Waals surface area contributed by atoms with E-state index < -0.39 is 46.1 Å². The maximum Gasteiger partial charge on any atom is 0.265 e. The summed E-state index contributed by atoms with van der Waals surface area (Å²) in [5.41, 5.74) is 0.983. The zero-order chi connectivity index (χ0) is 24.7. The molecule has 0 amide bonds. The van der Waals surface area contributed by atoms with E-state index in [2.05, 4.69) is 10.1 Å². The van der Waals surface area contributed by atoms with Gasteiger partial charge < -0.3 is 9.74 Å². The minimum atomic E-state index is -3.81. The molecule has 4 rings (SSSR count). The Labute approximate surface area is 194 Å². The van der Waals surface area contributed by atoms with Crippen molar-refractivity contribution in [3.63, 3.8) is 0 Å². The van der Waals surface area contributed by atoms with Crippen LogP contribution in [-0.2, 0) is 14.9 Å². The largest absolute Gasteiger partial charge is 0.384 e. The predicted molar refractivity (Wildman–Crippen MR) is 118 cm³/mol. The quantitative estimate of drug-likeness (QED) is 0.647. The van der Waals surface area contributed by atoms with Gasteiger partial charge in [-0.3, -0.25) is 4.98 Å². The number of amidine groups is 1. The Hall–Kier alpha value is -2.73. The van der Waals surface area contributed by atoms with Crippen molar-refractivity contribution in [3.05, 3.63) is 53.4 Å². The Morgan fingerprint density at radius 2 is 1.91 bits per heavy atom. The number of likely N-dealkylation sites (tertiary alicyclic amines) is 1. The van der Waals surface area contributed by atoms with Crippen molar-refractivity contribution in [3.8, 4) is 11.1 Å². The van der Waals surface area contributed by atoms with Crippen LogP contribution in [-0.4, -0.2) is 55.4 Å². The summed E-state index contributed by atoms with van der Waals surface area (Å²) in [7, 11) is -3.81. The van der Waals surface area contributed by atoms with Crippen LogP contribution in [0.1, 0.15) is 36.6 Å². The first-order valence-electron chi connectivity index (χ1n) is 10.7. The molecule has 34 heavy (non-hydrogen) atoms. The van der Waals surface area contributed by atoms with Crippen LogP contribution < -0.4 is 4.72 Å². The van der Waals surface area contributed by atoms with Crippen LogP contribution in [0.15, 0.2) is 35.6 Å². The van der Waals surface area contributed by atoms with Crippen LogP contribution in [0.3, 0.4) is 0 Å². The second kappa shape index (κ2) is 9.14. The van der Waals surface area contributed by atoms with E-state index in [4.69, 9.17) is 4.84 Å². The first-order valence-corrected chi connectivity index (χ1v) is 12.6. The molecule has 1 aromatic heterocycles. The smallest absolute Gasteiger partial charge is 0.265 e. The van der Waals surface area contributed by atoms with Gasteiger partial charge in [-0.2, -0.15) is 0 Å². The maximum atomic E-state index is 14.5. The number of rotatable bonds is 4. The number of hydrogen-bond donors (Lipinski definition) is 1. The molecule has 1 saturated heterocycles. The number of benzene rings is 1. The molecule has 2 aliphatic heterocycles. The molecule has 3 heterocycles. The van der Waals surface area contributed by atoms with E-state index in [0.717, 1.165) is 18.4 Å². The van der Waals surface area contributed by atoms with E-state index in [0.29, 0.717) is 11.4 Å². The number of aryl methyl sites for hydroxylation is 1. The molecule has 184 valence electrons. The third kappa shape index (κ3) is 5.17. The molecule has 1 aromatic carbocycles. The summed E-state index contributed by atoms with van der Waals surface area (Å²) in [5, 5.41) is 4.04. The van der Waals surface area contributed by atoms with Gasteiger partial charge in [-0.25, -0.2) is 30.7 Å². The van der Waals surface area contributed by atoms with Crippen molar-refractivity contribution in [2.45, 2.75) is 44.3 Å². The first-order chi connectivity index (χ1) is 15.9. The lowest BCUT2D eigenvalue weighted by atomic mass is 9.97. The minimum Gasteiger partial charge on any atom is -0.384 e. The lowest BCUT2D eigenvalue weighted by Crippen LogP contribution is -2.47. The van der Waals surface area contributed by atoms with Gasteiger partial charge in [-0.1, -0.05) is 11.2 Å². The zero-order valence-corrected chi connectivity index (χ0v) is 19.4. The van der Waals surface area contributed by atoms with Crippen molar-refractivity contribution in [1.82, 2.24) is 14.6 Å². The number of oxime groups is 1. The molecular formula is C22H24F4N4O3S. The second-order valence-corrected chi connectivity index (χ2v) is 10.4. The van der Waals surface area contributed by atoms with Crippen molar-refractivity contribution in [1.29, 1.82) is 0 Å². The Bertz CT molecular complexity index is 1200. The van der Waals surface area contributed by atoms with E-state index >= 15 is 0 Å². The van der Waals surface area contributed by atoms with Crippen molar-refractivity contribution in [2.24, 2.45) is 5.16 Å². The molecule has 12 heteroatoms. The van der Waals surface area contributed by atoms with E-state index in [9.17, 15) is 26.0 Å². The predicted octanol–water partition coefficient (Wildman–Crippen LogP) is 3.76. The van der Waals surface area contributed by atoms with Crippen LogP contribution >= 0.6 is 0 Å². The molecule has 2 aliphatic rings. The molecule has 1 N–H and O–H groups in total. The van der Waals surface area contributed by atoms with Crippen LogP contribution in [0.5, 0.6) is 0 Å². The normalized spacial score (nSPS) is 22.8. The van der Waals surface area contributed by atoms with E-state index in [1.165, 1.54) is 6.07 Å². The fourth-order valence-electron chi connectivity index (χ4n) is 4.22. The Balaban J connectivity index is 1.55. The van der Waals surface area contributed by atoms with E-state index in [-0.39, 0.29) is 42.8 Å². The lowest BCUT2D eigenvalue weighted by Gasteiger charge is -2.24. The third-order valence-corrected chi connectivity index (χ3v) is 6.59. The van der Waals surface area contributed by atoms with Crippen LogP contribution in [0.2, 0.25) is 0 Å². The van der Waals surface area contributed by atoms with Crippen molar-refractivity contribution in [2.75, 3.05) is 19.3 Å². The van der Waals surface area contributed by atoms with Gasteiger partial charge in [0.1, 0.15) is 17.5 Å². The molecular weight excluding hydrogens is 476 g/mol. The van der Waals surface area contributed by atoms with Gasteiger partial charge in [0.05, 0.1) is 30.0 Å². The number of pyridine rings is 1. The monoisotopic (exact) mass is 500 g/mol. The number of hydrogen-bond acceptors (Lipinski definition) is 6. The van der Waals surface area contributed by atoms with Gasteiger partial charge in [-0.05, 0) is 37.1 Å². The first kappa shape index (κ1) is 24.4. The molecule has 0 spiro atoms. The number of halogens is 4. The highest BCUT2D eigenvalue weighted by Gasteiger charge is 2.44. The second-order valence-electron chi connectivity index (χ2n) is 8.58. The van der Waals surface area contributed by atoms with E-state index in [1.807, 2.05) is 4.72 Å². The maximum absolute atomic E-state index is 14.5. The van der Waals surface area contributed by atoms with Gasteiger partial charge in [0.25, 0.3) is 5.92 Å². The fraction of sp³-hybridized carbons (Fsp3) is 0.455. The van der Waals surface area contributed by atoms with Gasteiger partial charge in [-0.15, -0.1) is 0 Å². The van der Waals surface area contributed by atoms with Crippen molar-refractivity contribution >= 4 is 15.9 Å². The minimum absolute atomic E-state index is 0.0556. The van der Waals surface area contributed by atoms with Crippen LogP contribution in [0.4, 0.5) is 17.6 Å². The molecule has 1 fully saturated rings. The van der Waals surface area contributed by atoms with Gasteiger partial charge >= 0.3 is 0 Å². The Morgan fingerprint density at radius 1 is 1.21 bits per heavy atom. The fourth-order valence-corrected chi connectivity index (χ4v) is 5.02. The Kier molecular flexibility index (Phi) is 6.56. The molecule has 7 nitrogen and oxygen atoms in total. The molecule has 0 aliphatic carbocycles. The number of aromatic nitrogens is 1. The summed E-state index contributed by atoms with van der Waals surface area (Å²) < 4.78 is 83.0. The lowest BCUT2D eigenvalue weighted by molar-refractivity contribution is -0.0337. The molecule has 2 unspecified atom stereocenters. The summed E-state index contributed by atoms with van der Waals surface area (Å²) in [6.45, 7) is 1.82. The standard InChI is InChI=1S/C22H24F4N4O3S/c1-13-10-14(20-15(23)4-3-5-16(20)24)21(27-12-13)17-11-19(28-33-17)30-8-6-18(29-34(2,31)32)22(25,26)7-9-30/h3-5,10,12,17-18,29H,6-9,11H2,1-2H3. The van der Waals surface area contributed by atoms with Crippen LogP contribution in [0, 0.1) is 18.6 Å². The molecule has 0 bridgehead atoms. The highest BCUT2D eigenvalue weighted by Crippen LogP contribution is 2.37. The molecule has 2 aromatic rings. The SMILES string of the molecule is Cc1cnc(C2CC(N3CCC(NS(C)(=O)=O)C(F)(F)CC3)=NO2)c(-c2c(F)cccc2F)c1. The summed E-state index contributed by atoms with van der Waals surface area (Å²) in [4.78, 5) is 11.5. The summed E-state index contributed by atoms with van der Waals surface area (Å²) in [6, 6.07) is 3.66. The van der Waals surface area contributed by atoms with E-state index in [1.54, 1.807) is 24.1 Å². The Morgan fingerprint density at radius 3 is 2.59 bits per heavy atom. The zero-order valence-electron chi connectivity index (χ0n) is 18.6. The molecule has 0 saturated carbocycles. The third-order valence-electron chi connectivity index (χ3n) is 5.88. The van der Waals surface area contributed by atoms with Gasteiger partial charge in [0, 0.05) is 31.3 Å². The summed E-state index contributed by atoms with van der Waals surface area (Å²) >= 11 is 0. The average Bonchev–Trinajstić information content (AvgIpc) is 3.16. The molecule has 2 atom stereocenters. The van der Waals surface area contributed by atoms with Gasteiger partial charge in [0.15, 0.2) is 6.10 Å². The summed E-state index contributed by atoms with van der Waals surface area (Å²) in [5.74, 6) is -4.33. The van der Waals surface area contributed by atoms with Gasteiger partial charge in [0.2, 0.25) is 10.0 Å². The highest BCUT2D eigenvalue weighted by atomic mass is 32.2. The number of alkyl halides is 2. The number of nitrogens with zero attached hydrogens (tertiary/aromatic N) is 3.